The number of aromatic hydroxyl groups is 5. The summed E-state index contributed by atoms with van der Waals surface area (Å²) in [4.78, 5) is 25.6. The van der Waals surface area contributed by atoms with E-state index in [0.29, 0.717) is 11.3 Å². The number of rotatable bonds is 7. The van der Waals surface area contributed by atoms with Gasteiger partial charge in [0, 0.05) is 23.1 Å². The van der Waals surface area contributed by atoms with Crippen LogP contribution in [-0.4, -0.2) is 44.7 Å². The van der Waals surface area contributed by atoms with E-state index in [9.17, 15) is 35.1 Å². The number of phenolic OH excluding ortho intramolecular Hbond substituents is 4. The second kappa shape index (κ2) is 10.3. The number of hydrogen-bond donors (Lipinski definition) is 5. The van der Waals surface area contributed by atoms with Crippen LogP contribution in [0.4, 0.5) is 0 Å². The minimum absolute atomic E-state index is 0.0120. The molecule has 198 valence electrons. The minimum atomic E-state index is -1.01. The fourth-order valence-corrected chi connectivity index (χ4v) is 4.23. The first kappa shape index (κ1) is 26.2. The first-order chi connectivity index (χ1) is 18.0. The van der Waals surface area contributed by atoms with Crippen molar-refractivity contribution < 1.29 is 44.2 Å². The molecule has 10 heteroatoms. The van der Waals surface area contributed by atoms with Crippen molar-refractivity contribution in [2.45, 2.75) is 32.3 Å². The molecule has 1 heterocycles. The van der Waals surface area contributed by atoms with Crippen molar-refractivity contribution in [3.63, 3.8) is 0 Å². The smallest absolute Gasteiger partial charge is 0.306 e. The van der Waals surface area contributed by atoms with Crippen LogP contribution in [0.1, 0.15) is 37.3 Å². The third kappa shape index (κ3) is 4.88. The second-order valence-corrected chi connectivity index (χ2v) is 8.91. The summed E-state index contributed by atoms with van der Waals surface area (Å²) in [7, 11) is 1.21. The summed E-state index contributed by atoms with van der Waals surface area (Å²) in [6, 6.07) is 11.2. The normalized spacial score (nSPS) is 12.0. The molecule has 4 rings (SSSR count). The molecule has 0 fully saturated rings. The first-order valence-corrected chi connectivity index (χ1v) is 11.6. The molecule has 38 heavy (non-hydrogen) atoms. The lowest BCUT2D eigenvalue weighted by molar-refractivity contribution is -0.140. The molecule has 1 aromatic heterocycles. The van der Waals surface area contributed by atoms with Crippen LogP contribution >= 0.6 is 0 Å². The Labute approximate surface area is 216 Å². The van der Waals surface area contributed by atoms with Crippen LogP contribution in [0.15, 0.2) is 57.7 Å². The number of carbonyl (C=O) groups is 1. The van der Waals surface area contributed by atoms with Gasteiger partial charge in [0.05, 0.1) is 19.6 Å². The van der Waals surface area contributed by atoms with Crippen molar-refractivity contribution >= 4 is 16.9 Å². The number of carbonyl (C=O) groups excluding carboxylic acids is 1. The second-order valence-electron chi connectivity index (χ2n) is 8.91. The average molecular weight is 523 g/mol. The molecular weight excluding hydrogens is 496 g/mol. The van der Waals surface area contributed by atoms with E-state index in [0.717, 1.165) is 18.2 Å². The average Bonchev–Trinajstić information content (AvgIpc) is 2.86. The van der Waals surface area contributed by atoms with Gasteiger partial charge in [-0.2, -0.15) is 0 Å². The quantitative estimate of drug-likeness (QED) is 0.173. The lowest BCUT2D eigenvalue weighted by Gasteiger charge is -2.21. The topological polar surface area (TPSA) is 167 Å². The van der Waals surface area contributed by atoms with E-state index in [2.05, 4.69) is 0 Å². The fraction of sp³-hybridized carbons (Fsp3) is 0.214. The zero-order valence-electron chi connectivity index (χ0n) is 20.8. The molecule has 0 unspecified atom stereocenters. The van der Waals surface area contributed by atoms with Gasteiger partial charge in [-0.25, -0.2) is 0 Å². The molecule has 0 radical (unpaired) electrons. The molecule has 10 nitrogen and oxygen atoms in total. The lowest BCUT2D eigenvalue weighted by Crippen LogP contribution is -2.13. The van der Waals surface area contributed by atoms with Gasteiger partial charge in [0.15, 0.2) is 17.3 Å². The molecule has 0 spiro atoms. The van der Waals surface area contributed by atoms with E-state index in [4.69, 9.17) is 13.9 Å². The van der Waals surface area contributed by atoms with E-state index in [1.165, 1.54) is 13.2 Å². The summed E-state index contributed by atoms with van der Waals surface area (Å²) in [6.07, 6.45) is -0.342. The van der Waals surface area contributed by atoms with Gasteiger partial charge < -0.3 is 39.4 Å². The fourth-order valence-electron chi connectivity index (χ4n) is 4.23. The van der Waals surface area contributed by atoms with E-state index < -0.39 is 51.4 Å². The van der Waals surface area contributed by atoms with Crippen LogP contribution in [0.3, 0.4) is 0 Å². The number of ether oxygens (including phenoxy) is 2. The van der Waals surface area contributed by atoms with Crippen molar-refractivity contribution in [2.24, 2.45) is 0 Å². The molecule has 0 amide bonds. The highest BCUT2D eigenvalue weighted by atomic mass is 16.5. The van der Waals surface area contributed by atoms with Crippen LogP contribution in [0.2, 0.25) is 0 Å². The largest absolute Gasteiger partial charge is 0.507 e. The zero-order valence-corrected chi connectivity index (χ0v) is 20.8. The van der Waals surface area contributed by atoms with E-state index in [1.807, 2.05) is 13.8 Å². The van der Waals surface area contributed by atoms with Crippen LogP contribution in [0, 0.1) is 0 Å². The number of methoxy groups -OCH3 is 1. The number of fused-ring (bicyclic) bond motifs is 1. The number of esters is 1. The number of phenols is 4. The van der Waals surface area contributed by atoms with Crippen LogP contribution < -0.4 is 10.2 Å². The molecule has 0 saturated heterocycles. The summed E-state index contributed by atoms with van der Waals surface area (Å²) in [6.45, 7) is 3.74. The summed E-state index contributed by atoms with van der Waals surface area (Å²) < 4.78 is 16.4. The maximum Gasteiger partial charge on any atom is 0.306 e. The van der Waals surface area contributed by atoms with Crippen LogP contribution in [0.5, 0.6) is 34.5 Å². The van der Waals surface area contributed by atoms with Gasteiger partial charge in [0.25, 0.3) is 0 Å². The number of benzene rings is 3. The third-order valence-corrected chi connectivity index (χ3v) is 5.98. The Hall–Kier alpha value is -4.86. The van der Waals surface area contributed by atoms with Gasteiger partial charge >= 0.3 is 5.97 Å². The van der Waals surface area contributed by atoms with E-state index >= 15 is 0 Å². The van der Waals surface area contributed by atoms with Crippen molar-refractivity contribution in [3.05, 3.63) is 69.9 Å². The maximum absolute atomic E-state index is 13.2. The molecular formula is C28H26O10. The van der Waals surface area contributed by atoms with Gasteiger partial charge in [-0.05, 0) is 49.7 Å². The lowest BCUT2D eigenvalue weighted by atomic mass is 9.86. The van der Waals surface area contributed by atoms with Crippen LogP contribution in [0.25, 0.3) is 22.3 Å². The third-order valence-electron chi connectivity index (χ3n) is 5.98. The minimum Gasteiger partial charge on any atom is -0.507 e. The summed E-state index contributed by atoms with van der Waals surface area (Å²) >= 11 is 0. The Morgan fingerprint density at radius 3 is 2.18 bits per heavy atom. The van der Waals surface area contributed by atoms with Crippen LogP contribution in [-0.2, 0) is 9.53 Å². The highest BCUT2D eigenvalue weighted by Crippen LogP contribution is 2.45. The molecule has 0 aliphatic heterocycles. The summed E-state index contributed by atoms with van der Waals surface area (Å²) in [5.41, 5.74) is -0.741. The van der Waals surface area contributed by atoms with Crippen molar-refractivity contribution in [1.82, 2.24) is 0 Å². The van der Waals surface area contributed by atoms with Gasteiger partial charge in [0.2, 0.25) is 11.2 Å². The summed E-state index contributed by atoms with van der Waals surface area (Å²) in [5, 5.41) is 51.2. The zero-order chi connectivity index (χ0) is 27.7. The van der Waals surface area contributed by atoms with Crippen molar-refractivity contribution in [3.8, 4) is 45.8 Å². The van der Waals surface area contributed by atoms with E-state index in [-0.39, 0.29) is 35.0 Å². The Bertz CT molecular complexity index is 1570. The molecule has 4 aromatic rings. The Morgan fingerprint density at radius 1 is 0.895 bits per heavy atom. The van der Waals surface area contributed by atoms with Crippen molar-refractivity contribution in [2.75, 3.05) is 7.11 Å². The summed E-state index contributed by atoms with van der Waals surface area (Å²) in [5.74, 6) is -4.30. The Morgan fingerprint density at radius 2 is 1.58 bits per heavy atom. The predicted octanol–water partition coefficient (Wildman–Crippen LogP) is 4.47. The molecule has 1 atom stereocenters. The van der Waals surface area contributed by atoms with E-state index in [1.54, 1.807) is 24.3 Å². The molecule has 0 saturated carbocycles. The Balaban J connectivity index is 2.01. The predicted molar refractivity (Wildman–Crippen MR) is 137 cm³/mol. The molecule has 5 N–H and O–H groups in total. The monoisotopic (exact) mass is 522 g/mol. The number of hydrogen-bond acceptors (Lipinski definition) is 10. The van der Waals surface area contributed by atoms with Gasteiger partial charge in [-0.1, -0.05) is 12.1 Å². The molecule has 3 aromatic carbocycles. The molecule has 0 aliphatic rings. The highest BCUT2D eigenvalue weighted by Gasteiger charge is 2.30. The van der Waals surface area contributed by atoms with Gasteiger partial charge in [-0.3, -0.25) is 9.59 Å². The Kier molecular flexibility index (Phi) is 7.07. The molecule has 0 bridgehead atoms. The maximum atomic E-state index is 13.2. The van der Waals surface area contributed by atoms with Crippen molar-refractivity contribution in [1.29, 1.82) is 0 Å². The molecule has 0 aliphatic carbocycles. The SMILES string of the molecule is COC(=O)C[C@@H](c1ccc(OC(C)C)cc1)c1c(O)cc(O)c2c(=O)c(O)c(-c3ccc(O)c(O)c3)oc12. The highest BCUT2D eigenvalue weighted by molar-refractivity contribution is 5.92. The van der Waals surface area contributed by atoms with Gasteiger partial charge in [-0.15, -0.1) is 0 Å². The first-order valence-electron chi connectivity index (χ1n) is 11.6. The van der Waals surface area contributed by atoms with Gasteiger partial charge in [0.1, 0.15) is 28.2 Å². The standard InChI is InChI=1S/C28H26O10/c1-13(2)37-16-7-4-14(5-8-16)17(11-22(33)36-3)23-20(31)12-21(32)24-25(34)26(35)27(38-28(23)24)15-6-9-18(29)19(30)10-15/h4-10,12-13,17,29-32,35H,11H2,1-3H3/t17-/m0/s1.